The average Bonchev–Trinajstić information content (AvgIpc) is 2.99. The van der Waals surface area contributed by atoms with Crippen LogP contribution in [0.3, 0.4) is 0 Å². The normalized spacial score (nSPS) is 14.7. The molecule has 0 aromatic carbocycles. The zero-order chi connectivity index (χ0) is 24.3. The fraction of sp³-hybridized carbons (Fsp3) is 0.700. The maximum atomic E-state index is 12.3. The number of nitrogens with one attached hydrogen (secondary N) is 3. The third-order valence-electron chi connectivity index (χ3n) is 4.31. The molecular weight excluding hydrogens is 424 g/mol. The third kappa shape index (κ3) is 10.3. The Kier molecular flexibility index (Phi) is 10.8. The summed E-state index contributed by atoms with van der Waals surface area (Å²) in [5.41, 5.74) is -0.683. The molecule has 1 saturated heterocycles. The molecule has 0 radical (unpaired) electrons. The van der Waals surface area contributed by atoms with Crippen molar-refractivity contribution in [1.82, 2.24) is 21.0 Å². The van der Waals surface area contributed by atoms with Crippen LogP contribution in [0.25, 0.3) is 0 Å². The highest BCUT2D eigenvalue weighted by Crippen LogP contribution is 2.16. The topological polar surface area (TPSA) is 160 Å². The summed E-state index contributed by atoms with van der Waals surface area (Å²) in [6.07, 6.45) is -0.515. The van der Waals surface area contributed by atoms with Crippen molar-refractivity contribution in [2.24, 2.45) is 5.92 Å². The number of ketones is 1. The van der Waals surface area contributed by atoms with Gasteiger partial charge < -0.3 is 25.5 Å². The first-order valence-electron chi connectivity index (χ1n) is 10.4. The highest BCUT2D eigenvalue weighted by molar-refractivity contribution is 6.01. The number of hydroxylamine groups is 2. The molecular formula is C20H32N4O8. The van der Waals surface area contributed by atoms with E-state index in [4.69, 9.17) is 9.57 Å². The van der Waals surface area contributed by atoms with Gasteiger partial charge in [-0.05, 0) is 40.7 Å². The van der Waals surface area contributed by atoms with Crippen molar-refractivity contribution in [3.8, 4) is 0 Å². The first kappa shape index (κ1) is 27.0. The van der Waals surface area contributed by atoms with Gasteiger partial charge in [-0.1, -0.05) is 0 Å². The number of carbonyl (C=O) groups is 6. The van der Waals surface area contributed by atoms with Crippen LogP contribution in [0, 0.1) is 5.92 Å². The number of carbonyl (C=O) groups excluding carboxylic acids is 6. The Hall–Kier alpha value is -3.02. The first-order chi connectivity index (χ1) is 14.9. The molecule has 1 rings (SSSR count). The van der Waals surface area contributed by atoms with Crippen molar-refractivity contribution in [2.75, 3.05) is 26.7 Å². The Morgan fingerprint density at radius 1 is 1.00 bits per heavy atom. The second-order valence-electron chi connectivity index (χ2n) is 8.27. The van der Waals surface area contributed by atoms with Crippen molar-refractivity contribution in [3.05, 3.63) is 0 Å². The van der Waals surface area contributed by atoms with Gasteiger partial charge in [-0.25, -0.2) is 9.59 Å². The van der Waals surface area contributed by atoms with E-state index < -0.39 is 41.3 Å². The summed E-state index contributed by atoms with van der Waals surface area (Å²) < 4.78 is 5.03. The van der Waals surface area contributed by atoms with Gasteiger partial charge in [-0.15, -0.1) is 5.06 Å². The van der Waals surface area contributed by atoms with Crippen LogP contribution < -0.4 is 16.0 Å². The van der Waals surface area contributed by atoms with Gasteiger partial charge in [0.1, 0.15) is 11.4 Å². The summed E-state index contributed by atoms with van der Waals surface area (Å²) in [4.78, 5) is 75.6. The van der Waals surface area contributed by atoms with Crippen LogP contribution in [-0.2, 0) is 33.5 Å². The summed E-state index contributed by atoms with van der Waals surface area (Å²) in [5.74, 6) is -3.11. The molecule has 1 fully saturated rings. The van der Waals surface area contributed by atoms with Crippen molar-refractivity contribution in [1.29, 1.82) is 0 Å². The molecule has 1 aliphatic heterocycles. The van der Waals surface area contributed by atoms with Crippen molar-refractivity contribution < 1.29 is 38.3 Å². The fourth-order valence-electron chi connectivity index (χ4n) is 2.80. The molecule has 0 bridgehead atoms. The number of ether oxygens (including phenoxy) is 1. The van der Waals surface area contributed by atoms with E-state index in [1.54, 1.807) is 27.8 Å². The molecule has 12 nitrogen and oxygen atoms in total. The number of amides is 4. The van der Waals surface area contributed by atoms with E-state index in [0.29, 0.717) is 5.06 Å². The van der Waals surface area contributed by atoms with Crippen LogP contribution in [0.15, 0.2) is 0 Å². The zero-order valence-corrected chi connectivity index (χ0v) is 18.9. The molecule has 0 aliphatic carbocycles. The molecule has 0 saturated carbocycles. The van der Waals surface area contributed by atoms with Crippen LogP contribution in [0.2, 0.25) is 0 Å². The molecule has 1 aliphatic rings. The molecule has 1 atom stereocenters. The van der Waals surface area contributed by atoms with E-state index >= 15 is 0 Å². The van der Waals surface area contributed by atoms with Crippen molar-refractivity contribution >= 4 is 35.6 Å². The first-order valence-corrected chi connectivity index (χ1v) is 10.4. The molecule has 1 heterocycles. The molecule has 32 heavy (non-hydrogen) atoms. The lowest BCUT2D eigenvalue weighted by Crippen LogP contribution is -2.40. The van der Waals surface area contributed by atoms with Gasteiger partial charge in [-0.2, -0.15) is 0 Å². The van der Waals surface area contributed by atoms with E-state index in [2.05, 4.69) is 16.0 Å². The number of Topliss-reactive ketones (excluding diaryl/α,β-unsaturated/α-hetero) is 1. The standard InChI is InChI=1S/C20H32N4O8/c1-20(2,3)31-19(30)23-12-15(26)22-10-9-13(14(25)11-21-4)5-8-18(29)32-24-16(27)6-7-17(24)28/h13,21H,5-12H2,1-4H3,(H,22,26)(H,23,30)/t13-/m1/s1. The number of alkyl carbamates (subject to hydrolysis) is 1. The maximum absolute atomic E-state index is 12.3. The highest BCUT2D eigenvalue weighted by atomic mass is 16.7. The Balaban J connectivity index is 2.43. The predicted octanol–water partition coefficient (Wildman–Crippen LogP) is -0.190. The number of nitrogens with zero attached hydrogens (tertiary/aromatic N) is 1. The van der Waals surface area contributed by atoms with Gasteiger partial charge in [0, 0.05) is 31.7 Å². The molecule has 4 amide bonds. The number of imide groups is 1. The lowest BCUT2D eigenvalue weighted by atomic mass is 9.94. The minimum atomic E-state index is -0.790. The second-order valence-corrected chi connectivity index (χ2v) is 8.27. The molecule has 12 heteroatoms. The van der Waals surface area contributed by atoms with Gasteiger partial charge in [0.15, 0.2) is 0 Å². The van der Waals surface area contributed by atoms with E-state index in [9.17, 15) is 28.8 Å². The number of hydrogen-bond acceptors (Lipinski definition) is 9. The molecule has 180 valence electrons. The Morgan fingerprint density at radius 2 is 1.62 bits per heavy atom. The Bertz CT molecular complexity index is 716. The van der Waals surface area contributed by atoms with Crippen LogP contribution in [0.5, 0.6) is 0 Å². The molecule has 0 spiro atoms. The van der Waals surface area contributed by atoms with Crippen LogP contribution in [0.1, 0.15) is 52.9 Å². The molecule has 0 unspecified atom stereocenters. The SMILES string of the molecule is CNCC(=O)[C@@H](CCNC(=O)CNC(=O)OC(C)(C)C)CCC(=O)ON1C(=O)CCC1=O. The number of hydrogen-bond donors (Lipinski definition) is 3. The summed E-state index contributed by atoms with van der Waals surface area (Å²) >= 11 is 0. The summed E-state index contributed by atoms with van der Waals surface area (Å²) in [6, 6.07) is 0. The number of likely N-dealkylation sites (N-methyl/N-ethyl adjacent to an activating group) is 1. The quantitative estimate of drug-likeness (QED) is 0.338. The van der Waals surface area contributed by atoms with E-state index in [1.165, 1.54) is 0 Å². The lowest BCUT2D eigenvalue weighted by molar-refractivity contribution is -0.197. The smallest absolute Gasteiger partial charge is 0.408 e. The summed E-state index contributed by atoms with van der Waals surface area (Å²) in [6.45, 7) is 5.04. The predicted molar refractivity (Wildman–Crippen MR) is 111 cm³/mol. The summed E-state index contributed by atoms with van der Waals surface area (Å²) in [7, 11) is 1.61. The second kappa shape index (κ2) is 12.7. The van der Waals surface area contributed by atoms with Crippen LogP contribution in [0.4, 0.5) is 4.79 Å². The van der Waals surface area contributed by atoms with Gasteiger partial charge in [0.2, 0.25) is 5.91 Å². The number of rotatable bonds is 12. The zero-order valence-electron chi connectivity index (χ0n) is 18.9. The molecule has 0 aromatic rings. The van der Waals surface area contributed by atoms with Crippen molar-refractivity contribution in [3.63, 3.8) is 0 Å². The largest absolute Gasteiger partial charge is 0.444 e. The van der Waals surface area contributed by atoms with Gasteiger partial charge >= 0.3 is 12.1 Å². The van der Waals surface area contributed by atoms with Gasteiger partial charge in [0.25, 0.3) is 11.8 Å². The van der Waals surface area contributed by atoms with Gasteiger partial charge in [0.05, 0.1) is 13.1 Å². The highest BCUT2D eigenvalue weighted by Gasteiger charge is 2.33. The van der Waals surface area contributed by atoms with Crippen LogP contribution in [-0.4, -0.2) is 72.9 Å². The molecule has 3 N–H and O–H groups in total. The minimum absolute atomic E-state index is 0.00211. The lowest BCUT2D eigenvalue weighted by Gasteiger charge is -2.19. The fourth-order valence-corrected chi connectivity index (χ4v) is 2.80. The average molecular weight is 456 g/mol. The van der Waals surface area contributed by atoms with Crippen LogP contribution >= 0.6 is 0 Å². The maximum Gasteiger partial charge on any atom is 0.408 e. The third-order valence-corrected chi connectivity index (χ3v) is 4.31. The van der Waals surface area contributed by atoms with Crippen molar-refractivity contribution in [2.45, 2.75) is 58.5 Å². The van der Waals surface area contributed by atoms with E-state index in [1.807, 2.05) is 0 Å². The van der Waals surface area contributed by atoms with E-state index in [-0.39, 0.29) is 57.5 Å². The van der Waals surface area contributed by atoms with E-state index in [0.717, 1.165) is 0 Å². The Labute approximate surface area is 186 Å². The molecule has 0 aromatic heterocycles. The summed E-state index contributed by atoms with van der Waals surface area (Å²) in [5, 5.41) is 8.13. The van der Waals surface area contributed by atoms with Gasteiger partial charge in [-0.3, -0.25) is 19.2 Å². The Morgan fingerprint density at radius 3 is 2.19 bits per heavy atom. The monoisotopic (exact) mass is 456 g/mol. The minimum Gasteiger partial charge on any atom is -0.444 e.